The Kier molecular flexibility index (Phi) is 8.53. The second kappa shape index (κ2) is 14.3. The number of rotatable bonds is 7. The van der Waals surface area contributed by atoms with Gasteiger partial charge in [-0.25, -0.2) is 15.0 Å². The second-order valence-corrected chi connectivity index (χ2v) is 14.3. The Bertz CT molecular complexity index is 3080. The van der Waals surface area contributed by atoms with E-state index < -0.39 is 0 Å². The van der Waals surface area contributed by atoms with Crippen molar-refractivity contribution in [3.05, 3.63) is 193 Å². The molecule has 5 heteroatoms. The van der Waals surface area contributed by atoms with E-state index in [4.69, 9.17) is 24.4 Å². The first-order chi connectivity index (χ1) is 28.1. The van der Waals surface area contributed by atoms with Gasteiger partial charge in [-0.15, -0.1) is 0 Å². The average Bonchev–Trinajstić information content (AvgIpc) is 3.65. The van der Waals surface area contributed by atoms with E-state index in [0.717, 1.165) is 72.3 Å². The molecule has 7 aromatic carbocycles. The van der Waals surface area contributed by atoms with Crippen molar-refractivity contribution in [2.75, 3.05) is 0 Å². The Hall–Kier alpha value is -7.50. The summed E-state index contributed by atoms with van der Waals surface area (Å²) in [5.41, 5.74) is 15.2. The zero-order valence-electron chi connectivity index (χ0n) is 31.5. The summed E-state index contributed by atoms with van der Waals surface area (Å²) in [5.74, 6) is 1.74. The lowest BCUT2D eigenvalue weighted by atomic mass is 9.91. The topological polar surface area (TPSA) is 64.7 Å². The monoisotopic (exact) mass is 732 g/mol. The van der Waals surface area contributed by atoms with Crippen LogP contribution in [-0.2, 0) is 0 Å². The first-order valence-corrected chi connectivity index (χ1v) is 19.1. The molecule has 0 atom stereocenters. The van der Waals surface area contributed by atoms with Gasteiger partial charge in [-0.1, -0.05) is 152 Å². The van der Waals surface area contributed by atoms with Crippen LogP contribution in [0.25, 0.3) is 101 Å². The van der Waals surface area contributed by atoms with Crippen LogP contribution in [0, 0.1) is 13.8 Å². The van der Waals surface area contributed by atoms with Crippen LogP contribution in [0.3, 0.4) is 0 Å². The predicted molar refractivity (Wildman–Crippen MR) is 232 cm³/mol. The summed E-state index contributed by atoms with van der Waals surface area (Å²) >= 11 is 0. The Morgan fingerprint density at radius 1 is 0.316 bits per heavy atom. The summed E-state index contributed by atoms with van der Waals surface area (Å²) in [5, 5.41) is 2.14. The van der Waals surface area contributed by atoms with Crippen molar-refractivity contribution < 1.29 is 4.42 Å². The minimum absolute atomic E-state index is 0.567. The fourth-order valence-electron chi connectivity index (χ4n) is 7.77. The standard InChI is InChI=1S/C52H36N4O/c1-33-21-28-41(34(2)53-33)43-17-9-10-19-46(43)52-55-50(54-51(56-52)40-27-30-45-44-18-11-12-20-48(44)57-49(45)32-40)38-24-22-37(23-25-38)42-29-26-39(35-13-5-3-6-14-35)31-47(42)36-15-7-4-8-16-36/h3-32H,1-2H3. The number of aryl methyl sites for hydroxylation is 2. The van der Waals surface area contributed by atoms with Gasteiger partial charge in [-0.2, -0.15) is 0 Å². The van der Waals surface area contributed by atoms with Crippen LogP contribution >= 0.6 is 0 Å². The van der Waals surface area contributed by atoms with Crippen LogP contribution in [0.2, 0.25) is 0 Å². The highest BCUT2D eigenvalue weighted by Gasteiger charge is 2.19. The number of benzene rings is 7. The molecule has 0 bridgehead atoms. The number of nitrogens with zero attached hydrogens (tertiary/aromatic N) is 4. The molecule has 0 saturated heterocycles. The molecule has 5 nitrogen and oxygen atoms in total. The third-order valence-electron chi connectivity index (χ3n) is 10.6. The highest BCUT2D eigenvalue weighted by molar-refractivity contribution is 6.05. The average molecular weight is 733 g/mol. The Balaban J connectivity index is 1.11. The highest BCUT2D eigenvalue weighted by Crippen LogP contribution is 2.38. The molecular weight excluding hydrogens is 697 g/mol. The highest BCUT2D eigenvalue weighted by atomic mass is 16.3. The Labute approximate surface area is 331 Å². The zero-order chi connectivity index (χ0) is 38.3. The largest absolute Gasteiger partial charge is 0.456 e. The SMILES string of the molecule is Cc1ccc(-c2ccccc2-c2nc(-c3ccc(-c4ccc(-c5ccccc5)cc4-c4ccccc4)cc3)nc(-c3ccc4c(c3)oc3ccccc34)n2)c(C)n1. The molecule has 3 aromatic heterocycles. The summed E-state index contributed by atoms with van der Waals surface area (Å²) in [7, 11) is 0. The molecule has 0 spiro atoms. The van der Waals surface area contributed by atoms with Crippen molar-refractivity contribution in [1.82, 2.24) is 19.9 Å². The van der Waals surface area contributed by atoms with Gasteiger partial charge in [0.15, 0.2) is 17.5 Å². The molecule has 0 unspecified atom stereocenters. The summed E-state index contributed by atoms with van der Waals surface area (Å²) in [4.78, 5) is 20.2. The van der Waals surface area contributed by atoms with E-state index in [1.165, 1.54) is 22.3 Å². The number of hydrogen-bond acceptors (Lipinski definition) is 5. The molecule has 270 valence electrons. The summed E-state index contributed by atoms with van der Waals surface area (Å²) in [6, 6.07) is 63.1. The van der Waals surface area contributed by atoms with Crippen LogP contribution in [0.4, 0.5) is 0 Å². The van der Waals surface area contributed by atoms with Crippen molar-refractivity contribution in [3.8, 4) is 78.7 Å². The van der Waals surface area contributed by atoms with Gasteiger partial charge < -0.3 is 4.42 Å². The molecule has 0 N–H and O–H groups in total. The summed E-state index contributed by atoms with van der Waals surface area (Å²) in [6.45, 7) is 4.06. The number of furan rings is 1. The number of hydrogen-bond donors (Lipinski definition) is 0. The first kappa shape index (κ1) is 34.0. The van der Waals surface area contributed by atoms with Crippen molar-refractivity contribution in [2.45, 2.75) is 13.8 Å². The molecule has 0 aliphatic carbocycles. The first-order valence-electron chi connectivity index (χ1n) is 19.1. The molecule has 0 aliphatic heterocycles. The van der Waals surface area contributed by atoms with Gasteiger partial charge in [0.2, 0.25) is 0 Å². The normalized spacial score (nSPS) is 11.3. The molecule has 57 heavy (non-hydrogen) atoms. The second-order valence-electron chi connectivity index (χ2n) is 14.3. The van der Waals surface area contributed by atoms with Crippen molar-refractivity contribution in [1.29, 1.82) is 0 Å². The van der Waals surface area contributed by atoms with Gasteiger partial charge in [-0.3, -0.25) is 4.98 Å². The van der Waals surface area contributed by atoms with Gasteiger partial charge in [0.1, 0.15) is 11.2 Å². The van der Waals surface area contributed by atoms with Crippen LogP contribution in [-0.4, -0.2) is 19.9 Å². The van der Waals surface area contributed by atoms with Crippen molar-refractivity contribution in [3.63, 3.8) is 0 Å². The van der Waals surface area contributed by atoms with Crippen LogP contribution < -0.4 is 0 Å². The maximum absolute atomic E-state index is 6.30. The molecule has 10 rings (SSSR count). The zero-order valence-corrected chi connectivity index (χ0v) is 31.5. The van der Waals surface area contributed by atoms with Gasteiger partial charge in [0.25, 0.3) is 0 Å². The van der Waals surface area contributed by atoms with E-state index >= 15 is 0 Å². The fraction of sp³-hybridized carbons (Fsp3) is 0.0385. The number of pyridine rings is 1. The molecule has 10 aromatic rings. The smallest absolute Gasteiger partial charge is 0.164 e. The summed E-state index contributed by atoms with van der Waals surface area (Å²) in [6.07, 6.45) is 0. The third kappa shape index (κ3) is 6.45. The Morgan fingerprint density at radius 2 is 0.877 bits per heavy atom. The number of aromatic nitrogens is 4. The van der Waals surface area contributed by atoms with Crippen LogP contribution in [0.5, 0.6) is 0 Å². The molecule has 0 aliphatic rings. The minimum atomic E-state index is 0.567. The lowest BCUT2D eigenvalue weighted by molar-refractivity contribution is 0.669. The van der Waals surface area contributed by atoms with Crippen molar-refractivity contribution >= 4 is 21.9 Å². The Morgan fingerprint density at radius 3 is 1.65 bits per heavy atom. The van der Waals surface area contributed by atoms with E-state index in [0.29, 0.717) is 17.5 Å². The molecular formula is C52H36N4O. The van der Waals surface area contributed by atoms with E-state index in [9.17, 15) is 0 Å². The number of fused-ring (bicyclic) bond motifs is 3. The quantitative estimate of drug-likeness (QED) is 0.163. The van der Waals surface area contributed by atoms with Crippen LogP contribution in [0.1, 0.15) is 11.4 Å². The van der Waals surface area contributed by atoms with Gasteiger partial charge in [0.05, 0.1) is 0 Å². The third-order valence-corrected chi connectivity index (χ3v) is 10.6. The minimum Gasteiger partial charge on any atom is -0.456 e. The predicted octanol–water partition coefficient (Wildman–Crippen LogP) is 13.5. The van der Waals surface area contributed by atoms with E-state index in [1.54, 1.807) is 0 Å². The molecule has 3 heterocycles. The van der Waals surface area contributed by atoms with Crippen molar-refractivity contribution in [2.24, 2.45) is 0 Å². The maximum Gasteiger partial charge on any atom is 0.164 e. The molecule has 0 radical (unpaired) electrons. The molecule has 0 saturated carbocycles. The lowest BCUT2D eigenvalue weighted by Crippen LogP contribution is -2.01. The van der Waals surface area contributed by atoms with E-state index in [1.807, 2.05) is 56.3 Å². The summed E-state index contributed by atoms with van der Waals surface area (Å²) < 4.78 is 6.30. The van der Waals surface area contributed by atoms with E-state index in [2.05, 4.69) is 140 Å². The molecule has 0 fully saturated rings. The fourth-order valence-corrected chi connectivity index (χ4v) is 7.77. The molecule has 0 amide bonds. The maximum atomic E-state index is 6.30. The van der Waals surface area contributed by atoms with Gasteiger partial charge >= 0.3 is 0 Å². The lowest BCUT2D eigenvalue weighted by Gasteiger charge is -2.15. The van der Waals surface area contributed by atoms with Gasteiger partial charge in [-0.05, 0) is 83.1 Å². The van der Waals surface area contributed by atoms with Crippen LogP contribution in [0.15, 0.2) is 186 Å². The van der Waals surface area contributed by atoms with Gasteiger partial charge in [0, 0.05) is 44.4 Å². The van der Waals surface area contributed by atoms with E-state index in [-0.39, 0.29) is 0 Å². The number of para-hydroxylation sites is 1.